The van der Waals surface area contributed by atoms with Crippen molar-refractivity contribution in [2.45, 2.75) is 26.8 Å². The molecule has 0 spiro atoms. The van der Waals surface area contributed by atoms with Crippen LogP contribution in [0.4, 0.5) is 0 Å². The van der Waals surface area contributed by atoms with Gasteiger partial charge in [-0.15, -0.1) is 0 Å². The number of nitrogens with one attached hydrogen (secondary N) is 1. The number of hydrogen-bond acceptors (Lipinski definition) is 4. The molecule has 0 saturated heterocycles. The maximum Gasteiger partial charge on any atom is 0.239 e. The highest BCUT2D eigenvalue weighted by Gasteiger charge is 2.17. The first-order valence-corrected chi connectivity index (χ1v) is 6.76. The molecule has 3 N–H and O–H groups in total. The number of hydrogen-bond donors (Lipinski definition) is 2. The molecule has 1 heterocycles. The van der Waals surface area contributed by atoms with Crippen molar-refractivity contribution in [2.75, 3.05) is 26.2 Å². The van der Waals surface area contributed by atoms with E-state index in [0.29, 0.717) is 0 Å². The van der Waals surface area contributed by atoms with Gasteiger partial charge in [-0.25, -0.2) is 0 Å². The molecule has 0 aromatic carbocycles. The van der Waals surface area contributed by atoms with E-state index in [1.807, 2.05) is 19.1 Å². The quantitative estimate of drug-likeness (QED) is 0.730. The van der Waals surface area contributed by atoms with Crippen molar-refractivity contribution >= 4 is 5.91 Å². The molecule has 5 heteroatoms. The number of nitrogens with zero attached hydrogens (tertiary/aromatic N) is 2. The Labute approximate surface area is 115 Å². The predicted octanol–water partition coefficient (Wildman–Crippen LogP) is 0.848. The maximum atomic E-state index is 11.5. The summed E-state index contributed by atoms with van der Waals surface area (Å²) in [4.78, 5) is 18.0. The fraction of sp³-hybridized carbons (Fsp3) is 0.571. The minimum atomic E-state index is -0.469. The Morgan fingerprint density at radius 3 is 2.58 bits per heavy atom. The second kappa shape index (κ2) is 7.86. The Hall–Kier alpha value is -1.46. The number of rotatable bonds is 8. The van der Waals surface area contributed by atoms with E-state index in [4.69, 9.17) is 5.73 Å². The van der Waals surface area contributed by atoms with Gasteiger partial charge in [0.25, 0.3) is 0 Å². The largest absolute Gasteiger partial charge is 0.368 e. The molecule has 0 aliphatic carbocycles. The molecule has 1 amide bonds. The fourth-order valence-corrected chi connectivity index (χ4v) is 1.94. The standard InChI is InChI=1S/C14H24N4O/c1-4-18(5-2)9-8-16-13(14(15)19)12-7-6-11(3)17-10-12/h6-7,10,13,16H,4-5,8-9H2,1-3H3,(H2,15,19). The molecule has 0 radical (unpaired) electrons. The summed E-state index contributed by atoms with van der Waals surface area (Å²) in [5.41, 5.74) is 7.19. The summed E-state index contributed by atoms with van der Waals surface area (Å²) in [6, 6.07) is 3.31. The lowest BCUT2D eigenvalue weighted by molar-refractivity contribution is -0.120. The lowest BCUT2D eigenvalue weighted by Crippen LogP contribution is -2.38. The van der Waals surface area contributed by atoms with Crippen LogP contribution >= 0.6 is 0 Å². The zero-order valence-corrected chi connectivity index (χ0v) is 12.0. The van der Waals surface area contributed by atoms with E-state index in [9.17, 15) is 4.79 Å². The van der Waals surface area contributed by atoms with Gasteiger partial charge in [-0.1, -0.05) is 19.9 Å². The second-order valence-corrected chi connectivity index (χ2v) is 4.55. The third-order valence-electron chi connectivity index (χ3n) is 3.22. The molecule has 1 atom stereocenters. The van der Waals surface area contributed by atoms with Gasteiger partial charge in [-0.2, -0.15) is 0 Å². The predicted molar refractivity (Wildman–Crippen MR) is 76.7 cm³/mol. The van der Waals surface area contributed by atoms with E-state index in [2.05, 4.69) is 29.0 Å². The van der Waals surface area contributed by atoms with Crippen molar-refractivity contribution in [1.82, 2.24) is 15.2 Å². The molecule has 1 aromatic heterocycles. The Kier molecular flexibility index (Phi) is 6.45. The van der Waals surface area contributed by atoms with Crippen molar-refractivity contribution in [3.05, 3.63) is 29.6 Å². The Morgan fingerprint density at radius 2 is 2.11 bits per heavy atom. The minimum absolute atomic E-state index is 0.370. The number of aryl methyl sites for hydroxylation is 1. The lowest BCUT2D eigenvalue weighted by atomic mass is 10.1. The zero-order valence-electron chi connectivity index (χ0n) is 12.0. The molecule has 0 aliphatic heterocycles. The number of nitrogens with two attached hydrogens (primary N) is 1. The molecule has 0 saturated carbocycles. The van der Waals surface area contributed by atoms with Crippen molar-refractivity contribution in [3.8, 4) is 0 Å². The van der Waals surface area contributed by atoms with Gasteiger partial charge in [-0.05, 0) is 31.6 Å². The third kappa shape index (κ3) is 4.96. The first kappa shape index (κ1) is 15.6. The molecular weight excluding hydrogens is 240 g/mol. The molecule has 19 heavy (non-hydrogen) atoms. The number of primary amides is 1. The summed E-state index contributed by atoms with van der Waals surface area (Å²) >= 11 is 0. The van der Waals surface area contributed by atoms with E-state index < -0.39 is 6.04 Å². The van der Waals surface area contributed by atoms with Crippen molar-refractivity contribution < 1.29 is 4.79 Å². The van der Waals surface area contributed by atoms with Crippen LogP contribution < -0.4 is 11.1 Å². The summed E-state index contributed by atoms with van der Waals surface area (Å²) in [7, 11) is 0. The number of carbonyl (C=O) groups excluding carboxylic acids is 1. The van der Waals surface area contributed by atoms with Crippen LogP contribution in [0.25, 0.3) is 0 Å². The number of aromatic nitrogens is 1. The van der Waals surface area contributed by atoms with Gasteiger partial charge in [-0.3, -0.25) is 9.78 Å². The molecule has 1 aromatic rings. The van der Waals surface area contributed by atoms with Crippen LogP contribution in [0.15, 0.2) is 18.3 Å². The summed E-state index contributed by atoms with van der Waals surface area (Å²) in [6.45, 7) is 9.80. The Balaban J connectivity index is 2.59. The van der Waals surface area contributed by atoms with E-state index >= 15 is 0 Å². The SMILES string of the molecule is CCN(CC)CCNC(C(N)=O)c1ccc(C)nc1. The molecule has 0 aliphatic rings. The van der Waals surface area contributed by atoms with E-state index in [-0.39, 0.29) is 5.91 Å². The van der Waals surface area contributed by atoms with Gasteiger partial charge in [0.1, 0.15) is 6.04 Å². The van der Waals surface area contributed by atoms with Crippen LogP contribution in [-0.2, 0) is 4.79 Å². The lowest BCUT2D eigenvalue weighted by Gasteiger charge is -2.21. The van der Waals surface area contributed by atoms with Crippen LogP contribution in [0.2, 0.25) is 0 Å². The summed E-state index contributed by atoms with van der Waals surface area (Å²) in [6.07, 6.45) is 1.70. The topological polar surface area (TPSA) is 71.2 Å². The molecule has 0 bridgehead atoms. The molecule has 5 nitrogen and oxygen atoms in total. The van der Waals surface area contributed by atoms with Crippen molar-refractivity contribution in [2.24, 2.45) is 5.73 Å². The fourth-order valence-electron chi connectivity index (χ4n) is 1.94. The number of amides is 1. The normalized spacial score (nSPS) is 12.6. The molecule has 106 valence electrons. The van der Waals surface area contributed by atoms with Gasteiger partial charge in [0.05, 0.1) is 0 Å². The highest BCUT2D eigenvalue weighted by Crippen LogP contribution is 2.11. The van der Waals surface area contributed by atoms with Crippen LogP contribution in [0, 0.1) is 6.92 Å². The van der Waals surface area contributed by atoms with Gasteiger partial charge in [0, 0.05) is 25.0 Å². The van der Waals surface area contributed by atoms with Crippen LogP contribution in [0.5, 0.6) is 0 Å². The Morgan fingerprint density at radius 1 is 1.42 bits per heavy atom. The number of likely N-dealkylation sites (N-methyl/N-ethyl adjacent to an activating group) is 1. The number of pyridine rings is 1. The smallest absolute Gasteiger partial charge is 0.239 e. The zero-order chi connectivity index (χ0) is 14.3. The van der Waals surface area contributed by atoms with Crippen LogP contribution in [-0.4, -0.2) is 42.0 Å². The van der Waals surface area contributed by atoms with E-state index in [1.54, 1.807) is 6.20 Å². The van der Waals surface area contributed by atoms with Crippen LogP contribution in [0.1, 0.15) is 31.1 Å². The molecular formula is C14H24N4O. The highest BCUT2D eigenvalue weighted by atomic mass is 16.1. The maximum absolute atomic E-state index is 11.5. The first-order chi connectivity index (χ1) is 9.08. The molecule has 1 unspecified atom stereocenters. The molecule has 1 rings (SSSR count). The Bertz CT molecular complexity index is 387. The summed E-state index contributed by atoms with van der Waals surface area (Å²) in [5, 5.41) is 3.20. The van der Waals surface area contributed by atoms with Crippen molar-refractivity contribution in [3.63, 3.8) is 0 Å². The van der Waals surface area contributed by atoms with E-state index in [0.717, 1.165) is 37.4 Å². The third-order valence-corrected chi connectivity index (χ3v) is 3.22. The van der Waals surface area contributed by atoms with E-state index in [1.165, 1.54) is 0 Å². The second-order valence-electron chi connectivity index (χ2n) is 4.55. The first-order valence-electron chi connectivity index (χ1n) is 6.76. The van der Waals surface area contributed by atoms with Gasteiger partial charge in [0.2, 0.25) is 5.91 Å². The van der Waals surface area contributed by atoms with Gasteiger partial charge >= 0.3 is 0 Å². The van der Waals surface area contributed by atoms with Crippen molar-refractivity contribution in [1.29, 1.82) is 0 Å². The average Bonchev–Trinajstić information content (AvgIpc) is 2.40. The van der Waals surface area contributed by atoms with Gasteiger partial charge < -0.3 is 16.0 Å². The van der Waals surface area contributed by atoms with Gasteiger partial charge in [0.15, 0.2) is 0 Å². The number of carbonyl (C=O) groups is 1. The minimum Gasteiger partial charge on any atom is -0.368 e. The highest BCUT2D eigenvalue weighted by molar-refractivity contribution is 5.81. The monoisotopic (exact) mass is 264 g/mol. The summed E-state index contributed by atoms with van der Waals surface area (Å²) < 4.78 is 0. The average molecular weight is 264 g/mol. The molecule has 0 fully saturated rings. The summed E-state index contributed by atoms with van der Waals surface area (Å²) in [5.74, 6) is -0.370. The van der Waals surface area contributed by atoms with Crippen LogP contribution in [0.3, 0.4) is 0 Å².